The summed E-state index contributed by atoms with van der Waals surface area (Å²) in [5, 5.41) is 3.00. The van der Waals surface area contributed by atoms with Crippen LogP contribution < -0.4 is 5.32 Å². The summed E-state index contributed by atoms with van der Waals surface area (Å²) in [4.78, 5) is 16.5. The number of para-hydroxylation sites is 2. The van der Waals surface area contributed by atoms with Crippen LogP contribution in [0.2, 0.25) is 0 Å². The van der Waals surface area contributed by atoms with Crippen LogP contribution in [0.25, 0.3) is 11.0 Å². The van der Waals surface area contributed by atoms with E-state index in [-0.39, 0.29) is 5.91 Å². The van der Waals surface area contributed by atoms with Crippen molar-refractivity contribution >= 4 is 16.9 Å². The number of carbonyl (C=O) groups excluding carboxylic acids is 1. The van der Waals surface area contributed by atoms with Crippen LogP contribution in [-0.4, -0.2) is 22.0 Å². The van der Waals surface area contributed by atoms with Crippen LogP contribution in [0.15, 0.2) is 48.5 Å². The number of benzene rings is 2. The average molecular weight is 392 g/mol. The van der Waals surface area contributed by atoms with Crippen LogP contribution in [0.1, 0.15) is 69.3 Å². The molecule has 0 fully saturated rings. The van der Waals surface area contributed by atoms with Gasteiger partial charge in [-0.05, 0) is 48.4 Å². The Hall–Kier alpha value is -2.62. The number of nitrogens with one attached hydrogen (secondary N) is 1. The van der Waals surface area contributed by atoms with Crippen LogP contribution in [0.3, 0.4) is 0 Å². The molecule has 0 saturated carbocycles. The number of aryl methyl sites for hydroxylation is 1. The molecule has 1 amide bonds. The van der Waals surface area contributed by atoms with Gasteiger partial charge in [0.2, 0.25) is 5.91 Å². The second kappa shape index (κ2) is 10.2. The number of amides is 1. The Morgan fingerprint density at radius 1 is 1.10 bits per heavy atom. The summed E-state index contributed by atoms with van der Waals surface area (Å²) >= 11 is 0. The highest BCUT2D eigenvalue weighted by molar-refractivity contribution is 5.76. The molecule has 0 spiro atoms. The zero-order chi connectivity index (χ0) is 20.6. The first-order valence-corrected chi connectivity index (χ1v) is 10.9. The maximum Gasteiger partial charge on any atom is 0.219 e. The minimum Gasteiger partial charge on any atom is -0.356 e. The van der Waals surface area contributed by atoms with Gasteiger partial charge in [-0.2, -0.15) is 0 Å². The van der Waals surface area contributed by atoms with Gasteiger partial charge in [0.05, 0.1) is 11.0 Å². The first-order chi connectivity index (χ1) is 14.1. The summed E-state index contributed by atoms with van der Waals surface area (Å²) in [6.07, 6.45) is 4.39. The third-order valence-corrected chi connectivity index (χ3v) is 5.61. The fourth-order valence-electron chi connectivity index (χ4n) is 3.65. The first-order valence-electron chi connectivity index (χ1n) is 10.9. The Bertz CT molecular complexity index is 927. The molecule has 0 aliphatic heterocycles. The first kappa shape index (κ1) is 21.1. The molecule has 1 heterocycles. The van der Waals surface area contributed by atoms with Crippen LogP contribution in [-0.2, 0) is 17.8 Å². The number of hydrogen-bond acceptors (Lipinski definition) is 2. The normalized spacial score (nSPS) is 12.2. The molecule has 4 nitrogen and oxygen atoms in total. The molecule has 1 N–H and O–H groups in total. The molecule has 0 aliphatic carbocycles. The largest absolute Gasteiger partial charge is 0.356 e. The van der Waals surface area contributed by atoms with E-state index in [1.54, 1.807) is 0 Å². The fourth-order valence-corrected chi connectivity index (χ4v) is 3.65. The van der Waals surface area contributed by atoms with Gasteiger partial charge in [0, 0.05) is 25.9 Å². The summed E-state index contributed by atoms with van der Waals surface area (Å²) in [5.74, 6) is 1.82. The molecule has 1 aromatic heterocycles. The molecule has 3 aromatic rings. The smallest absolute Gasteiger partial charge is 0.219 e. The standard InChI is InChI=1S/C25H33N3O/c1-4-9-25(29)26-17-8-12-24-27-22-10-6-7-11-23(22)28(24)18-20-13-15-21(16-14-20)19(3)5-2/h6-7,10-11,13-16,19H,4-5,8-9,12,17-18H2,1-3H3,(H,26,29). The van der Waals surface area contributed by atoms with Gasteiger partial charge in [0.25, 0.3) is 0 Å². The van der Waals surface area contributed by atoms with Crippen LogP contribution in [0, 0.1) is 0 Å². The molecule has 0 saturated heterocycles. The van der Waals surface area contributed by atoms with Crippen molar-refractivity contribution in [1.29, 1.82) is 0 Å². The molecular weight excluding hydrogens is 358 g/mol. The average Bonchev–Trinajstić information content (AvgIpc) is 3.09. The lowest BCUT2D eigenvalue weighted by Gasteiger charge is -2.12. The lowest BCUT2D eigenvalue weighted by molar-refractivity contribution is -0.121. The molecule has 154 valence electrons. The van der Waals surface area contributed by atoms with E-state index < -0.39 is 0 Å². The monoisotopic (exact) mass is 391 g/mol. The van der Waals surface area contributed by atoms with Crippen molar-refractivity contribution in [2.75, 3.05) is 6.54 Å². The number of fused-ring (bicyclic) bond motifs is 1. The van der Waals surface area contributed by atoms with Gasteiger partial charge in [-0.15, -0.1) is 0 Å². The third kappa shape index (κ3) is 5.47. The number of rotatable bonds is 10. The van der Waals surface area contributed by atoms with Gasteiger partial charge >= 0.3 is 0 Å². The molecule has 1 unspecified atom stereocenters. The van der Waals surface area contributed by atoms with Gasteiger partial charge in [0.1, 0.15) is 5.82 Å². The van der Waals surface area contributed by atoms with E-state index in [0.717, 1.165) is 43.6 Å². The second-order valence-corrected chi connectivity index (χ2v) is 7.86. The van der Waals surface area contributed by atoms with E-state index in [2.05, 4.69) is 66.2 Å². The molecule has 0 radical (unpaired) electrons. The maximum absolute atomic E-state index is 11.7. The summed E-state index contributed by atoms with van der Waals surface area (Å²) in [6.45, 7) is 8.05. The number of imidazole rings is 1. The van der Waals surface area contributed by atoms with E-state index in [4.69, 9.17) is 4.98 Å². The number of aromatic nitrogens is 2. The fraction of sp³-hybridized carbons (Fsp3) is 0.440. The maximum atomic E-state index is 11.7. The van der Waals surface area contributed by atoms with Crippen LogP contribution >= 0.6 is 0 Å². The van der Waals surface area contributed by atoms with Gasteiger partial charge in [-0.1, -0.05) is 57.2 Å². The highest BCUT2D eigenvalue weighted by Gasteiger charge is 2.11. The van der Waals surface area contributed by atoms with Gasteiger partial charge in [-0.3, -0.25) is 4.79 Å². The van der Waals surface area contributed by atoms with Crippen molar-refractivity contribution < 1.29 is 4.79 Å². The number of hydrogen-bond donors (Lipinski definition) is 1. The topological polar surface area (TPSA) is 46.9 Å². The van der Waals surface area contributed by atoms with Crippen molar-refractivity contribution in [2.24, 2.45) is 0 Å². The van der Waals surface area contributed by atoms with Gasteiger partial charge in [0.15, 0.2) is 0 Å². The second-order valence-electron chi connectivity index (χ2n) is 7.86. The van der Waals surface area contributed by atoms with Crippen molar-refractivity contribution in [3.8, 4) is 0 Å². The molecule has 29 heavy (non-hydrogen) atoms. The Morgan fingerprint density at radius 2 is 1.86 bits per heavy atom. The van der Waals surface area contributed by atoms with Crippen molar-refractivity contribution in [1.82, 2.24) is 14.9 Å². The van der Waals surface area contributed by atoms with E-state index in [0.29, 0.717) is 18.9 Å². The van der Waals surface area contributed by atoms with Crippen LogP contribution in [0.4, 0.5) is 0 Å². The van der Waals surface area contributed by atoms with Crippen LogP contribution in [0.5, 0.6) is 0 Å². The Morgan fingerprint density at radius 3 is 2.59 bits per heavy atom. The summed E-state index contributed by atoms with van der Waals surface area (Å²) in [7, 11) is 0. The number of nitrogens with zero attached hydrogens (tertiary/aromatic N) is 2. The summed E-state index contributed by atoms with van der Waals surface area (Å²) in [5.41, 5.74) is 4.89. The molecular formula is C25H33N3O. The lowest BCUT2D eigenvalue weighted by Crippen LogP contribution is -2.24. The zero-order valence-corrected chi connectivity index (χ0v) is 17.9. The Balaban J connectivity index is 1.74. The van der Waals surface area contributed by atoms with Crippen molar-refractivity contribution in [3.63, 3.8) is 0 Å². The molecule has 1 atom stereocenters. The molecule has 3 rings (SSSR count). The van der Waals surface area contributed by atoms with E-state index in [1.165, 1.54) is 16.6 Å². The minimum absolute atomic E-state index is 0.141. The number of carbonyl (C=O) groups is 1. The SMILES string of the molecule is CCCC(=O)NCCCc1nc2ccccc2n1Cc1ccc(C(C)CC)cc1. The molecule has 0 bridgehead atoms. The zero-order valence-electron chi connectivity index (χ0n) is 17.9. The van der Waals surface area contributed by atoms with E-state index >= 15 is 0 Å². The van der Waals surface area contributed by atoms with E-state index in [9.17, 15) is 4.79 Å². The van der Waals surface area contributed by atoms with Crippen molar-refractivity contribution in [2.45, 2.75) is 65.3 Å². The van der Waals surface area contributed by atoms with Gasteiger partial charge < -0.3 is 9.88 Å². The lowest BCUT2D eigenvalue weighted by atomic mass is 9.97. The molecule has 4 heteroatoms. The van der Waals surface area contributed by atoms with Gasteiger partial charge in [-0.25, -0.2) is 4.98 Å². The summed E-state index contributed by atoms with van der Waals surface area (Å²) in [6, 6.07) is 17.3. The highest BCUT2D eigenvalue weighted by Crippen LogP contribution is 2.22. The third-order valence-electron chi connectivity index (χ3n) is 5.61. The molecule has 0 aliphatic rings. The highest BCUT2D eigenvalue weighted by atomic mass is 16.1. The predicted octanol–water partition coefficient (Wildman–Crippen LogP) is 5.45. The predicted molar refractivity (Wildman–Crippen MR) is 120 cm³/mol. The molecule has 2 aromatic carbocycles. The summed E-state index contributed by atoms with van der Waals surface area (Å²) < 4.78 is 2.32. The Kier molecular flexibility index (Phi) is 7.45. The minimum atomic E-state index is 0.141. The Labute approximate surface area is 174 Å². The quantitative estimate of drug-likeness (QED) is 0.467. The van der Waals surface area contributed by atoms with Crippen molar-refractivity contribution in [3.05, 3.63) is 65.5 Å². The van der Waals surface area contributed by atoms with E-state index in [1.807, 2.05) is 13.0 Å².